The zero-order valence-electron chi connectivity index (χ0n) is 9.57. The summed E-state index contributed by atoms with van der Waals surface area (Å²) in [6, 6.07) is 0.184. The average Bonchev–Trinajstić information content (AvgIpc) is 2.65. The molecule has 1 rings (SSSR count). The molecule has 0 radical (unpaired) electrons. The van der Waals surface area contributed by atoms with Crippen molar-refractivity contribution in [3.8, 4) is 0 Å². The molecule has 1 N–H and O–H groups in total. The molecule has 2 nitrogen and oxygen atoms in total. The summed E-state index contributed by atoms with van der Waals surface area (Å²) in [5, 5.41) is 2.88. The molecule has 0 saturated heterocycles. The highest BCUT2D eigenvalue weighted by Gasteiger charge is 2.57. The highest BCUT2D eigenvalue weighted by molar-refractivity contribution is 4.77. The first kappa shape index (κ1) is 15.6. The SMILES string of the molecule is FC(F)(F)C(OCCNC1CCCC1)C(F)(F)F. The topological polar surface area (TPSA) is 21.3 Å². The van der Waals surface area contributed by atoms with Gasteiger partial charge in [-0.1, -0.05) is 12.8 Å². The van der Waals surface area contributed by atoms with Crippen LogP contribution in [0.1, 0.15) is 25.7 Å². The van der Waals surface area contributed by atoms with E-state index in [-0.39, 0.29) is 12.6 Å². The molecule has 0 unspecified atom stereocenters. The van der Waals surface area contributed by atoms with E-state index in [0.717, 1.165) is 25.7 Å². The van der Waals surface area contributed by atoms with Crippen LogP contribution >= 0.6 is 0 Å². The van der Waals surface area contributed by atoms with Gasteiger partial charge in [-0.25, -0.2) is 0 Å². The molecule has 0 atom stereocenters. The van der Waals surface area contributed by atoms with E-state index in [2.05, 4.69) is 10.1 Å². The number of alkyl halides is 6. The zero-order chi connectivity index (χ0) is 13.8. The maximum absolute atomic E-state index is 12.1. The largest absolute Gasteiger partial charge is 0.423 e. The van der Waals surface area contributed by atoms with E-state index in [1.54, 1.807) is 0 Å². The van der Waals surface area contributed by atoms with Crippen LogP contribution in [0.2, 0.25) is 0 Å². The predicted octanol–water partition coefficient (Wildman–Crippen LogP) is 3.03. The number of nitrogens with one attached hydrogen (secondary N) is 1. The molecule has 0 aliphatic heterocycles. The Morgan fingerprint density at radius 3 is 1.94 bits per heavy atom. The Morgan fingerprint density at radius 1 is 1.00 bits per heavy atom. The molecule has 0 aromatic heterocycles. The molecule has 1 fully saturated rings. The quantitative estimate of drug-likeness (QED) is 0.617. The van der Waals surface area contributed by atoms with E-state index < -0.39 is 25.1 Å². The molecule has 1 saturated carbocycles. The standard InChI is InChI=1S/C10H15F6NO/c11-9(12,13)8(10(14,15)16)18-6-5-17-7-3-1-2-4-7/h7-8,17H,1-6H2. The van der Waals surface area contributed by atoms with E-state index in [1.807, 2.05) is 0 Å². The van der Waals surface area contributed by atoms with E-state index in [1.165, 1.54) is 0 Å². The normalized spacial score (nSPS) is 18.8. The summed E-state index contributed by atoms with van der Waals surface area (Å²) in [6.45, 7) is -0.618. The summed E-state index contributed by atoms with van der Waals surface area (Å²) in [5.41, 5.74) is 0. The highest BCUT2D eigenvalue weighted by atomic mass is 19.4. The van der Waals surface area contributed by atoms with Crippen molar-refractivity contribution < 1.29 is 31.1 Å². The molecule has 0 bridgehead atoms. The van der Waals surface area contributed by atoms with Crippen LogP contribution < -0.4 is 5.32 Å². The molecule has 0 heterocycles. The predicted molar refractivity (Wildman–Crippen MR) is 52.1 cm³/mol. The van der Waals surface area contributed by atoms with Gasteiger partial charge in [0.05, 0.1) is 6.61 Å². The van der Waals surface area contributed by atoms with Crippen LogP contribution in [0.25, 0.3) is 0 Å². The Bertz CT molecular complexity index is 232. The zero-order valence-corrected chi connectivity index (χ0v) is 9.57. The maximum atomic E-state index is 12.1. The second kappa shape index (κ2) is 6.10. The van der Waals surface area contributed by atoms with Crippen LogP contribution in [-0.2, 0) is 4.74 Å². The van der Waals surface area contributed by atoms with Crippen LogP contribution in [-0.4, -0.2) is 37.7 Å². The minimum absolute atomic E-state index is 0.00662. The summed E-state index contributed by atoms with van der Waals surface area (Å²) in [4.78, 5) is 0. The average molecular weight is 279 g/mol. The molecule has 1 aliphatic carbocycles. The molecular weight excluding hydrogens is 264 g/mol. The number of rotatable bonds is 5. The lowest BCUT2D eigenvalue weighted by molar-refractivity contribution is -0.321. The second-order valence-electron chi connectivity index (χ2n) is 4.27. The molecule has 0 amide bonds. The van der Waals surface area contributed by atoms with Crippen molar-refractivity contribution in [2.45, 2.75) is 50.2 Å². The Morgan fingerprint density at radius 2 is 1.50 bits per heavy atom. The molecule has 0 aromatic rings. The smallest absolute Gasteiger partial charge is 0.360 e. The van der Waals surface area contributed by atoms with Gasteiger partial charge in [-0.2, -0.15) is 26.3 Å². The number of ether oxygens (including phenoxy) is 1. The number of halogens is 6. The molecule has 8 heteroatoms. The van der Waals surface area contributed by atoms with Crippen LogP contribution in [0.4, 0.5) is 26.3 Å². The van der Waals surface area contributed by atoms with E-state index in [0.29, 0.717) is 0 Å². The lowest BCUT2D eigenvalue weighted by atomic mass is 10.2. The molecular formula is C10H15F6NO. The van der Waals surface area contributed by atoms with E-state index in [4.69, 9.17) is 0 Å². The minimum atomic E-state index is -5.42. The van der Waals surface area contributed by atoms with Gasteiger partial charge in [-0.05, 0) is 12.8 Å². The Balaban J connectivity index is 2.29. The maximum Gasteiger partial charge on any atom is 0.423 e. The Labute approximate surface area is 101 Å². The van der Waals surface area contributed by atoms with Crippen LogP contribution in [0.3, 0.4) is 0 Å². The third-order valence-electron chi connectivity index (χ3n) is 2.77. The Kier molecular flexibility index (Phi) is 5.27. The molecule has 18 heavy (non-hydrogen) atoms. The summed E-state index contributed by atoms with van der Waals surface area (Å²) < 4.78 is 76.4. The van der Waals surface area contributed by atoms with Gasteiger partial charge < -0.3 is 10.1 Å². The summed E-state index contributed by atoms with van der Waals surface area (Å²) in [5.74, 6) is 0. The lowest BCUT2D eigenvalue weighted by Crippen LogP contribution is -2.45. The van der Waals surface area contributed by atoms with Gasteiger partial charge >= 0.3 is 12.4 Å². The molecule has 1 aliphatic rings. The van der Waals surface area contributed by atoms with Gasteiger partial charge in [-0.3, -0.25) is 0 Å². The van der Waals surface area contributed by atoms with Crippen molar-refractivity contribution in [1.82, 2.24) is 5.32 Å². The molecule has 0 spiro atoms. The van der Waals surface area contributed by atoms with Crippen LogP contribution in [0, 0.1) is 0 Å². The third kappa shape index (κ3) is 5.01. The van der Waals surface area contributed by atoms with E-state index >= 15 is 0 Å². The minimum Gasteiger partial charge on any atom is -0.360 e. The van der Waals surface area contributed by atoms with Gasteiger partial charge in [0, 0.05) is 12.6 Å². The molecule has 0 aromatic carbocycles. The summed E-state index contributed by atoms with van der Waals surface area (Å²) in [7, 11) is 0. The van der Waals surface area contributed by atoms with Gasteiger partial charge in [0.1, 0.15) is 0 Å². The van der Waals surface area contributed by atoms with Crippen LogP contribution in [0.15, 0.2) is 0 Å². The van der Waals surface area contributed by atoms with Crippen molar-refractivity contribution in [1.29, 1.82) is 0 Å². The number of hydrogen-bond donors (Lipinski definition) is 1. The fourth-order valence-electron chi connectivity index (χ4n) is 1.94. The second-order valence-corrected chi connectivity index (χ2v) is 4.27. The highest BCUT2D eigenvalue weighted by Crippen LogP contribution is 2.35. The van der Waals surface area contributed by atoms with Gasteiger partial charge in [-0.15, -0.1) is 0 Å². The van der Waals surface area contributed by atoms with Crippen molar-refractivity contribution in [3.63, 3.8) is 0 Å². The van der Waals surface area contributed by atoms with Crippen molar-refractivity contribution in [2.24, 2.45) is 0 Å². The lowest BCUT2D eigenvalue weighted by Gasteiger charge is -2.23. The third-order valence-corrected chi connectivity index (χ3v) is 2.77. The number of hydrogen-bond acceptors (Lipinski definition) is 2. The van der Waals surface area contributed by atoms with Gasteiger partial charge in [0.2, 0.25) is 6.10 Å². The monoisotopic (exact) mass is 279 g/mol. The van der Waals surface area contributed by atoms with Crippen molar-refractivity contribution in [3.05, 3.63) is 0 Å². The first-order valence-corrected chi connectivity index (χ1v) is 5.69. The van der Waals surface area contributed by atoms with Crippen molar-refractivity contribution >= 4 is 0 Å². The van der Waals surface area contributed by atoms with E-state index in [9.17, 15) is 26.3 Å². The van der Waals surface area contributed by atoms with Crippen molar-refractivity contribution in [2.75, 3.05) is 13.2 Å². The first-order chi connectivity index (χ1) is 8.21. The van der Waals surface area contributed by atoms with Gasteiger partial charge in [0.25, 0.3) is 0 Å². The summed E-state index contributed by atoms with van der Waals surface area (Å²) in [6.07, 6.45) is -10.7. The fraction of sp³-hybridized carbons (Fsp3) is 1.00. The van der Waals surface area contributed by atoms with Crippen LogP contribution in [0.5, 0.6) is 0 Å². The fourth-order valence-corrected chi connectivity index (χ4v) is 1.94. The Hall–Kier alpha value is -0.500. The summed E-state index contributed by atoms with van der Waals surface area (Å²) >= 11 is 0. The first-order valence-electron chi connectivity index (χ1n) is 5.69. The molecule has 108 valence electrons. The van der Waals surface area contributed by atoms with Gasteiger partial charge in [0.15, 0.2) is 0 Å².